The molecule has 0 radical (unpaired) electrons. The van der Waals surface area contributed by atoms with Gasteiger partial charge in [-0.25, -0.2) is 0 Å². The first-order valence-electron chi connectivity index (χ1n) is 10.7. The molecule has 2 aliphatic rings. The number of carbonyl (C=O) groups excluding carboxylic acids is 1. The van der Waals surface area contributed by atoms with Gasteiger partial charge in [0.15, 0.2) is 0 Å². The molecule has 2 aromatic rings. The molecular formula is C24H28BrN3O3. The van der Waals surface area contributed by atoms with E-state index in [1.807, 2.05) is 47.4 Å². The van der Waals surface area contributed by atoms with Crippen LogP contribution in [0.2, 0.25) is 0 Å². The molecule has 1 atom stereocenters. The maximum Gasteiger partial charge on any atom is 0.257 e. The Morgan fingerprint density at radius 3 is 2.77 bits per heavy atom. The Kier molecular flexibility index (Phi) is 7.27. The van der Waals surface area contributed by atoms with Crippen molar-refractivity contribution in [1.82, 2.24) is 9.80 Å². The molecule has 1 saturated heterocycles. The van der Waals surface area contributed by atoms with Gasteiger partial charge in [0, 0.05) is 31.9 Å². The highest BCUT2D eigenvalue weighted by atomic mass is 79.9. The van der Waals surface area contributed by atoms with Crippen molar-refractivity contribution in [2.75, 3.05) is 51.3 Å². The van der Waals surface area contributed by atoms with Crippen LogP contribution in [-0.2, 0) is 4.74 Å². The lowest BCUT2D eigenvalue weighted by molar-refractivity contribution is 0.0348. The summed E-state index contributed by atoms with van der Waals surface area (Å²) in [7, 11) is 0. The zero-order valence-electron chi connectivity index (χ0n) is 17.6. The van der Waals surface area contributed by atoms with Crippen molar-refractivity contribution < 1.29 is 14.3 Å². The minimum Gasteiger partial charge on any atom is -0.488 e. The highest BCUT2D eigenvalue weighted by Crippen LogP contribution is 2.36. The van der Waals surface area contributed by atoms with Crippen molar-refractivity contribution in [1.29, 1.82) is 0 Å². The summed E-state index contributed by atoms with van der Waals surface area (Å²) in [4.78, 5) is 17.7. The first-order valence-corrected chi connectivity index (χ1v) is 11.5. The molecule has 2 aliphatic heterocycles. The lowest BCUT2D eigenvalue weighted by atomic mass is 10.0. The van der Waals surface area contributed by atoms with Crippen LogP contribution in [0.4, 0.5) is 5.69 Å². The van der Waals surface area contributed by atoms with E-state index in [2.05, 4.69) is 32.7 Å². The van der Waals surface area contributed by atoms with Gasteiger partial charge < -0.3 is 19.7 Å². The number of amides is 1. The highest BCUT2D eigenvalue weighted by Gasteiger charge is 2.32. The first-order chi connectivity index (χ1) is 15.2. The molecule has 0 aromatic heterocycles. The van der Waals surface area contributed by atoms with Gasteiger partial charge in [-0.3, -0.25) is 9.69 Å². The van der Waals surface area contributed by atoms with E-state index in [0.717, 1.165) is 66.3 Å². The fourth-order valence-corrected chi connectivity index (χ4v) is 4.54. The summed E-state index contributed by atoms with van der Waals surface area (Å²) in [5, 5.41) is 3.57. The van der Waals surface area contributed by atoms with Gasteiger partial charge in [-0.15, -0.1) is 0 Å². The number of carbonyl (C=O) groups is 1. The van der Waals surface area contributed by atoms with Crippen molar-refractivity contribution in [3.63, 3.8) is 0 Å². The van der Waals surface area contributed by atoms with Crippen LogP contribution in [0.3, 0.4) is 0 Å². The number of halogens is 1. The topological polar surface area (TPSA) is 54.0 Å². The number of hydrogen-bond acceptors (Lipinski definition) is 5. The number of benzene rings is 2. The number of morpholine rings is 1. The molecular weight excluding hydrogens is 458 g/mol. The largest absolute Gasteiger partial charge is 0.488 e. The van der Waals surface area contributed by atoms with Crippen molar-refractivity contribution >= 4 is 27.5 Å². The predicted molar refractivity (Wildman–Crippen MR) is 126 cm³/mol. The van der Waals surface area contributed by atoms with E-state index in [9.17, 15) is 4.79 Å². The van der Waals surface area contributed by atoms with Gasteiger partial charge in [-0.1, -0.05) is 30.9 Å². The maximum absolute atomic E-state index is 13.4. The summed E-state index contributed by atoms with van der Waals surface area (Å²) in [6, 6.07) is 13.7. The molecule has 0 unspecified atom stereocenters. The molecule has 0 aliphatic carbocycles. The van der Waals surface area contributed by atoms with Crippen LogP contribution in [0.15, 0.2) is 59.6 Å². The third-order valence-corrected chi connectivity index (χ3v) is 6.25. The Hall–Kier alpha value is -2.35. The molecule has 1 N–H and O–H groups in total. The molecule has 0 saturated carbocycles. The summed E-state index contributed by atoms with van der Waals surface area (Å²) in [6.07, 6.45) is 2.39. The van der Waals surface area contributed by atoms with Crippen molar-refractivity contribution in [2.24, 2.45) is 0 Å². The number of fused-ring (bicyclic) bond motifs is 1. The van der Waals surface area contributed by atoms with Crippen LogP contribution in [-0.4, -0.2) is 61.7 Å². The molecule has 164 valence electrons. The van der Waals surface area contributed by atoms with Gasteiger partial charge in [-0.2, -0.15) is 0 Å². The number of para-hydroxylation sites is 1. The second kappa shape index (κ2) is 10.3. The van der Waals surface area contributed by atoms with Gasteiger partial charge in [0.1, 0.15) is 18.5 Å². The monoisotopic (exact) mass is 485 g/mol. The SMILES string of the molecule is C=CCOc1ccc([C@H]2Nc3ccccc3C(=O)N2CCCN2CCOCC2)cc1Br. The number of nitrogens with one attached hydrogen (secondary N) is 1. The molecule has 0 bridgehead atoms. The zero-order chi connectivity index (χ0) is 21.6. The van der Waals surface area contributed by atoms with E-state index in [4.69, 9.17) is 9.47 Å². The third-order valence-electron chi connectivity index (χ3n) is 5.63. The lowest BCUT2D eigenvalue weighted by Gasteiger charge is -2.39. The molecule has 7 heteroatoms. The van der Waals surface area contributed by atoms with Gasteiger partial charge >= 0.3 is 0 Å². The molecule has 1 amide bonds. The molecule has 2 heterocycles. The summed E-state index contributed by atoms with van der Waals surface area (Å²) >= 11 is 3.61. The summed E-state index contributed by atoms with van der Waals surface area (Å²) < 4.78 is 12.0. The quantitative estimate of drug-likeness (QED) is 0.564. The number of hydrogen-bond donors (Lipinski definition) is 1. The molecule has 1 fully saturated rings. The van der Waals surface area contributed by atoms with E-state index >= 15 is 0 Å². The average molecular weight is 486 g/mol. The summed E-state index contributed by atoms with van der Waals surface area (Å²) in [5.41, 5.74) is 2.59. The minimum absolute atomic E-state index is 0.0597. The second-order valence-electron chi connectivity index (χ2n) is 7.69. The minimum atomic E-state index is -0.239. The van der Waals surface area contributed by atoms with Gasteiger partial charge in [-0.05, 0) is 52.2 Å². The Bertz CT molecular complexity index is 930. The number of ether oxygens (including phenoxy) is 2. The fourth-order valence-electron chi connectivity index (χ4n) is 4.03. The van der Waals surface area contributed by atoms with Crippen LogP contribution < -0.4 is 10.1 Å². The Labute approximate surface area is 191 Å². The van der Waals surface area contributed by atoms with Crippen LogP contribution in [0.25, 0.3) is 0 Å². The zero-order valence-corrected chi connectivity index (χ0v) is 19.1. The van der Waals surface area contributed by atoms with Crippen molar-refractivity contribution in [3.05, 3.63) is 70.7 Å². The molecule has 2 aromatic carbocycles. The smallest absolute Gasteiger partial charge is 0.257 e. The fraction of sp³-hybridized carbons (Fsp3) is 0.375. The standard InChI is InChI=1S/C24H28BrN3O3/c1-2-14-31-22-9-8-18(17-20(22)25)23-26-21-7-4-3-6-19(21)24(29)28(23)11-5-10-27-12-15-30-16-13-27/h2-4,6-9,17,23,26H,1,5,10-16H2/t23-/m0/s1. The van der Waals surface area contributed by atoms with Gasteiger partial charge in [0.25, 0.3) is 5.91 Å². The van der Waals surface area contributed by atoms with Crippen LogP contribution in [0, 0.1) is 0 Å². The Morgan fingerprint density at radius 1 is 1.19 bits per heavy atom. The van der Waals surface area contributed by atoms with Crippen LogP contribution in [0.1, 0.15) is 28.5 Å². The van der Waals surface area contributed by atoms with E-state index in [1.54, 1.807) is 6.08 Å². The Balaban J connectivity index is 1.54. The summed E-state index contributed by atoms with van der Waals surface area (Å²) in [5.74, 6) is 0.814. The van der Waals surface area contributed by atoms with Crippen molar-refractivity contribution in [2.45, 2.75) is 12.6 Å². The molecule has 0 spiro atoms. The maximum atomic E-state index is 13.4. The van der Waals surface area contributed by atoms with Gasteiger partial charge in [0.05, 0.1) is 23.2 Å². The number of anilines is 1. The summed E-state index contributed by atoms with van der Waals surface area (Å²) in [6.45, 7) is 9.25. The van der Waals surface area contributed by atoms with E-state index in [0.29, 0.717) is 13.2 Å². The van der Waals surface area contributed by atoms with Crippen LogP contribution in [0.5, 0.6) is 5.75 Å². The van der Waals surface area contributed by atoms with Crippen LogP contribution >= 0.6 is 15.9 Å². The third kappa shape index (κ3) is 5.11. The number of nitrogens with zero attached hydrogens (tertiary/aromatic N) is 2. The van der Waals surface area contributed by atoms with E-state index in [-0.39, 0.29) is 12.1 Å². The lowest BCUT2D eigenvalue weighted by Crippen LogP contribution is -2.44. The molecule has 31 heavy (non-hydrogen) atoms. The predicted octanol–water partition coefficient (Wildman–Crippen LogP) is 4.30. The Morgan fingerprint density at radius 2 is 2.00 bits per heavy atom. The van der Waals surface area contributed by atoms with E-state index in [1.165, 1.54) is 0 Å². The average Bonchev–Trinajstić information content (AvgIpc) is 2.80. The second-order valence-corrected chi connectivity index (χ2v) is 8.54. The highest BCUT2D eigenvalue weighted by molar-refractivity contribution is 9.10. The normalized spacial score (nSPS) is 18.9. The van der Waals surface area contributed by atoms with Gasteiger partial charge in [0.2, 0.25) is 0 Å². The molecule has 4 rings (SSSR count). The van der Waals surface area contributed by atoms with Crippen molar-refractivity contribution in [3.8, 4) is 5.75 Å². The molecule has 6 nitrogen and oxygen atoms in total. The number of rotatable bonds is 8. The van der Waals surface area contributed by atoms with E-state index < -0.39 is 0 Å². The first kappa shape index (κ1) is 21.9.